The molecular formula is C32H42N6O6. The van der Waals surface area contributed by atoms with Crippen LogP contribution in [0.1, 0.15) is 74.2 Å². The maximum atomic E-state index is 13.0. The van der Waals surface area contributed by atoms with Crippen molar-refractivity contribution in [1.82, 2.24) is 20.3 Å². The second-order valence-electron chi connectivity index (χ2n) is 10.3. The van der Waals surface area contributed by atoms with Gasteiger partial charge in [0.15, 0.2) is 0 Å². The van der Waals surface area contributed by atoms with Crippen molar-refractivity contribution in [3.05, 3.63) is 53.6 Å². The number of ether oxygens (including phenoxy) is 4. The van der Waals surface area contributed by atoms with Crippen LogP contribution in [0.5, 0.6) is 17.5 Å². The summed E-state index contributed by atoms with van der Waals surface area (Å²) in [6, 6.07) is 13.4. The van der Waals surface area contributed by atoms with Gasteiger partial charge in [-0.1, -0.05) is 37.8 Å². The number of aromatic nitrogens is 3. The van der Waals surface area contributed by atoms with E-state index >= 15 is 0 Å². The number of amides is 1. The topological polar surface area (TPSA) is 146 Å². The number of methoxy groups -OCH3 is 1. The standard InChI is InChI=1S/C32H42N6O6/c1-3-42-32-37-30-34-22-23-12-15-25(16-13-23)43-19-8-6-4-5-7-9-20-44-27-21-24(35-31(36-30)38-32)14-17-26(27)29(40)33-18-10-11-28(39)41-2/h12-17,21H,3-11,18-20,22H2,1-2H3,(H,33,40)(H2,34,35,36,37,38). The first-order valence-electron chi connectivity index (χ1n) is 15.3. The Labute approximate surface area is 258 Å². The third-order valence-electron chi connectivity index (χ3n) is 6.88. The molecule has 12 nitrogen and oxygen atoms in total. The first-order chi connectivity index (χ1) is 21.5. The van der Waals surface area contributed by atoms with Gasteiger partial charge in [-0.2, -0.15) is 15.0 Å². The molecule has 1 amide bonds. The van der Waals surface area contributed by atoms with E-state index in [1.165, 1.54) is 7.11 Å². The van der Waals surface area contributed by atoms with Gasteiger partial charge in [-0.25, -0.2) is 0 Å². The van der Waals surface area contributed by atoms with Crippen molar-refractivity contribution in [3.63, 3.8) is 0 Å². The third-order valence-corrected chi connectivity index (χ3v) is 6.88. The van der Waals surface area contributed by atoms with Crippen molar-refractivity contribution < 1.29 is 28.5 Å². The van der Waals surface area contributed by atoms with Gasteiger partial charge in [0.25, 0.3) is 5.91 Å². The zero-order valence-electron chi connectivity index (χ0n) is 25.5. The average molecular weight is 607 g/mol. The molecule has 236 valence electrons. The fourth-order valence-corrected chi connectivity index (χ4v) is 4.52. The van der Waals surface area contributed by atoms with Crippen LogP contribution in [-0.2, 0) is 16.1 Å². The zero-order chi connectivity index (χ0) is 31.0. The Hall–Kier alpha value is -4.61. The zero-order valence-corrected chi connectivity index (χ0v) is 25.5. The van der Waals surface area contributed by atoms with Gasteiger partial charge in [0.2, 0.25) is 11.9 Å². The van der Waals surface area contributed by atoms with E-state index in [1.807, 2.05) is 31.2 Å². The van der Waals surface area contributed by atoms with E-state index < -0.39 is 0 Å². The molecule has 0 aliphatic carbocycles. The number of carbonyl (C=O) groups excluding carboxylic acids is 2. The lowest BCUT2D eigenvalue weighted by Crippen LogP contribution is -2.25. The first kappa shape index (κ1) is 32.3. The average Bonchev–Trinajstić information content (AvgIpc) is 3.03. The van der Waals surface area contributed by atoms with E-state index in [1.54, 1.807) is 18.2 Å². The lowest BCUT2D eigenvalue weighted by Gasteiger charge is -2.15. The summed E-state index contributed by atoms with van der Waals surface area (Å²) in [5.74, 6) is 1.33. The quantitative estimate of drug-likeness (QED) is 0.234. The van der Waals surface area contributed by atoms with Gasteiger partial charge in [-0.15, -0.1) is 0 Å². The number of nitrogens with zero attached hydrogens (tertiary/aromatic N) is 3. The molecule has 44 heavy (non-hydrogen) atoms. The fourth-order valence-electron chi connectivity index (χ4n) is 4.52. The number of esters is 1. The minimum Gasteiger partial charge on any atom is -0.494 e. The Morgan fingerprint density at radius 3 is 2.39 bits per heavy atom. The van der Waals surface area contributed by atoms with Crippen LogP contribution in [0.3, 0.4) is 0 Å². The lowest BCUT2D eigenvalue weighted by molar-refractivity contribution is -0.140. The summed E-state index contributed by atoms with van der Waals surface area (Å²) in [5, 5.41) is 9.30. The molecule has 5 rings (SSSR count). The van der Waals surface area contributed by atoms with Crippen LogP contribution in [-0.4, -0.2) is 60.3 Å². The Kier molecular flexibility index (Phi) is 12.8. The summed E-state index contributed by atoms with van der Waals surface area (Å²) in [7, 11) is 1.35. The SMILES string of the molecule is CCOc1nc2nc(n1)Nc1ccc(C(=O)NCCCC(=O)OC)c(c1)OCCCCCCCCOc1ccc(cc1)CN2. The molecule has 0 saturated heterocycles. The second-order valence-corrected chi connectivity index (χ2v) is 10.3. The van der Waals surface area contributed by atoms with Crippen molar-refractivity contribution in [3.8, 4) is 17.5 Å². The van der Waals surface area contributed by atoms with Crippen molar-refractivity contribution in [2.24, 2.45) is 0 Å². The summed E-state index contributed by atoms with van der Waals surface area (Å²) in [6.45, 7) is 4.24. The summed E-state index contributed by atoms with van der Waals surface area (Å²) >= 11 is 0. The molecule has 0 radical (unpaired) electrons. The van der Waals surface area contributed by atoms with Gasteiger partial charge in [0, 0.05) is 31.3 Å². The third kappa shape index (κ3) is 10.6. The molecule has 0 atom stereocenters. The smallest absolute Gasteiger partial charge is 0.323 e. The monoisotopic (exact) mass is 606 g/mol. The molecule has 3 N–H and O–H groups in total. The summed E-state index contributed by atoms with van der Waals surface area (Å²) in [4.78, 5) is 37.8. The predicted molar refractivity (Wildman–Crippen MR) is 167 cm³/mol. The number of hydrogen-bond acceptors (Lipinski definition) is 11. The number of benzene rings is 2. The molecule has 6 bridgehead atoms. The number of fused-ring (bicyclic) bond motifs is 12. The molecule has 0 unspecified atom stereocenters. The lowest BCUT2D eigenvalue weighted by atomic mass is 10.1. The maximum Gasteiger partial charge on any atom is 0.323 e. The first-order valence-corrected chi connectivity index (χ1v) is 15.3. The Morgan fingerprint density at radius 1 is 0.909 bits per heavy atom. The number of rotatable bonds is 7. The number of anilines is 3. The molecule has 12 heteroatoms. The van der Waals surface area contributed by atoms with Crippen LogP contribution < -0.4 is 30.2 Å². The van der Waals surface area contributed by atoms with Gasteiger partial charge in [-0.3, -0.25) is 9.59 Å². The number of hydrogen-bond donors (Lipinski definition) is 3. The van der Waals surface area contributed by atoms with Gasteiger partial charge in [0.05, 0.1) is 32.5 Å². The van der Waals surface area contributed by atoms with Crippen LogP contribution in [0.25, 0.3) is 0 Å². The summed E-state index contributed by atoms with van der Waals surface area (Å²) in [5.41, 5.74) is 2.08. The van der Waals surface area contributed by atoms with Gasteiger partial charge >= 0.3 is 12.0 Å². The molecule has 0 fully saturated rings. The second kappa shape index (κ2) is 17.5. The molecule has 1 aromatic heterocycles. The van der Waals surface area contributed by atoms with E-state index in [0.29, 0.717) is 62.3 Å². The van der Waals surface area contributed by atoms with E-state index in [0.717, 1.165) is 49.8 Å². The highest BCUT2D eigenvalue weighted by Crippen LogP contribution is 2.27. The minimum absolute atomic E-state index is 0.182. The van der Waals surface area contributed by atoms with E-state index in [-0.39, 0.29) is 30.3 Å². The maximum absolute atomic E-state index is 13.0. The molecule has 2 aliphatic rings. The molecule has 3 aromatic rings. The highest BCUT2D eigenvalue weighted by atomic mass is 16.5. The van der Waals surface area contributed by atoms with Crippen molar-refractivity contribution in [2.75, 3.05) is 44.1 Å². The van der Waals surface area contributed by atoms with Gasteiger partial charge in [-0.05, 0) is 56.0 Å². The van der Waals surface area contributed by atoms with Crippen LogP contribution >= 0.6 is 0 Å². The molecule has 0 spiro atoms. The largest absolute Gasteiger partial charge is 0.494 e. The van der Waals surface area contributed by atoms with Gasteiger partial charge < -0.3 is 34.9 Å². The molecule has 2 aromatic carbocycles. The summed E-state index contributed by atoms with van der Waals surface area (Å²) < 4.78 is 22.3. The van der Waals surface area contributed by atoms with Crippen LogP contribution in [0.2, 0.25) is 0 Å². The fraction of sp³-hybridized carbons (Fsp3) is 0.469. The van der Waals surface area contributed by atoms with Gasteiger partial charge in [0.1, 0.15) is 11.5 Å². The van der Waals surface area contributed by atoms with Crippen molar-refractivity contribution in [1.29, 1.82) is 0 Å². The Balaban J connectivity index is 1.53. The van der Waals surface area contributed by atoms with E-state index in [2.05, 4.69) is 35.6 Å². The Morgan fingerprint density at radius 2 is 1.64 bits per heavy atom. The Bertz CT molecular complexity index is 1350. The predicted octanol–water partition coefficient (Wildman–Crippen LogP) is 5.42. The molecule has 2 aliphatic heterocycles. The summed E-state index contributed by atoms with van der Waals surface area (Å²) in [6.07, 6.45) is 6.93. The van der Waals surface area contributed by atoms with Crippen molar-refractivity contribution >= 4 is 29.5 Å². The molecule has 0 saturated carbocycles. The highest BCUT2D eigenvalue weighted by molar-refractivity contribution is 5.97. The molecule has 3 heterocycles. The van der Waals surface area contributed by atoms with E-state index in [9.17, 15) is 9.59 Å². The van der Waals surface area contributed by atoms with Crippen LogP contribution in [0.4, 0.5) is 17.6 Å². The molecular weight excluding hydrogens is 564 g/mol. The van der Waals surface area contributed by atoms with Crippen molar-refractivity contribution in [2.45, 2.75) is 64.8 Å². The normalized spacial score (nSPS) is 14.1. The van der Waals surface area contributed by atoms with E-state index in [4.69, 9.17) is 14.2 Å². The number of carbonyl (C=O) groups is 2. The van der Waals surface area contributed by atoms with Crippen LogP contribution in [0, 0.1) is 0 Å². The highest BCUT2D eigenvalue weighted by Gasteiger charge is 2.15. The number of nitrogens with one attached hydrogen (secondary N) is 3. The minimum atomic E-state index is -0.312. The van der Waals surface area contributed by atoms with Crippen LogP contribution in [0.15, 0.2) is 42.5 Å².